The minimum absolute atomic E-state index is 0.0129. The normalized spacial score (nSPS) is 19.5. The Labute approximate surface area is 329 Å². The third kappa shape index (κ3) is 20.6. The Kier molecular flexibility index (Phi) is 25.0. The fraction of sp³-hybridized carbons (Fsp3) is 0.789. The maximum absolute atomic E-state index is 12.2. The maximum atomic E-state index is 12.2. The second kappa shape index (κ2) is 28.8. The van der Waals surface area contributed by atoms with Crippen molar-refractivity contribution in [3.05, 3.63) is 12.2 Å². The number of unbranched alkanes of at least 4 members (excludes halogenated alkanes) is 9. The molecule has 0 aromatic heterocycles. The molecule has 0 bridgehead atoms. The molecule has 1 saturated heterocycles. The predicted molar refractivity (Wildman–Crippen MR) is 202 cm³/mol. The Morgan fingerprint density at radius 1 is 0.696 bits per heavy atom. The number of amides is 6. The summed E-state index contributed by atoms with van der Waals surface area (Å²) in [4.78, 5) is 72.3. The van der Waals surface area contributed by atoms with Crippen molar-refractivity contribution in [2.24, 2.45) is 11.8 Å². The summed E-state index contributed by atoms with van der Waals surface area (Å²) in [6.07, 6.45) is 9.37. The van der Waals surface area contributed by atoms with E-state index in [1.54, 1.807) is 0 Å². The van der Waals surface area contributed by atoms with Gasteiger partial charge in [0.25, 0.3) is 11.8 Å². The molecule has 0 aliphatic carbocycles. The molecular weight excluding hydrogens is 734 g/mol. The number of nitrogens with one attached hydrogen (secondary N) is 4. The highest BCUT2D eigenvalue weighted by molar-refractivity contribution is 6.12. The first-order valence-corrected chi connectivity index (χ1v) is 20.0. The Bertz CT molecular complexity index is 1220. The Morgan fingerprint density at radius 3 is 1.80 bits per heavy atom. The summed E-state index contributed by atoms with van der Waals surface area (Å²) in [5.41, 5.74) is 0. The lowest BCUT2D eigenvalue weighted by Gasteiger charge is -2.43. The van der Waals surface area contributed by atoms with Crippen LogP contribution in [0.25, 0.3) is 0 Å². The molecule has 0 unspecified atom stereocenters. The molecule has 2 rings (SSSR count). The molecule has 2 aliphatic heterocycles. The summed E-state index contributed by atoms with van der Waals surface area (Å²) < 4.78 is 16.7. The third-order valence-corrected chi connectivity index (χ3v) is 9.56. The second-order valence-electron chi connectivity index (χ2n) is 14.2. The maximum Gasteiger partial charge on any atom is 0.253 e. The van der Waals surface area contributed by atoms with Crippen LogP contribution in [-0.2, 0) is 43.0 Å². The van der Waals surface area contributed by atoms with E-state index in [4.69, 9.17) is 14.2 Å². The standard InChI is InChI=1S/C38H65N5O13/c1-27(44)42-35-34(37(52)53)28(36(50)51)26-56-38(35)55-23-12-10-15-29(45)39-19-13-20-40-31(47)18-24-54-25-21-41-30(46)14-9-7-5-3-2-4-6-8-11-22-43-32(48)16-17-33(43)49/h16-17,28,34-38,50-53H,2-15,18-26H2,1H3,(H,39,45)(H,40,47)(H,41,46)(H,42,44)/t28-,34+,35+,38+/m0/s1. The van der Waals surface area contributed by atoms with Crippen LogP contribution in [0.1, 0.15) is 103 Å². The SMILES string of the molecule is CC(=O)N[C@H]1[C@H](OCCCCC(=O)NCCCNC(=O)CCOCCNC(=O)CCCCCCCCCCCN2C(=O)C=CC2=O)OC[C@H](C(O)O)[C@H]1C(O)O. The van der Waals surface area contributed by atoms with Crippen LogP contribution in [0, 0.1) is 11.8 Å². The van der Waals surface area contributed by atoms with Gasteiger partial charge in [-0.15, -0.1) is 0 Å². The molecule has 6 amide bonds. The van der Waals surface area contributed by atoms with Gasteiger partial charge in [-0.2, -0.15) is 0 Å². The lowest BCUT2D eigenvalue weighted by molar-refractivity contribution is -0.269. The van der Waals surface area contributed by atoms with Gasteiger partial charge in [0, 0.05) is 83.0 Å². The number of carbonyl (C=O) groups is 6. The fourth-order valence-corrected chi connectivity index (χ4v) is 6.48. The number of hydrogen-bond acceptors (Lipinski definition) is 13. The average Bonchev–Trinajstić information content (AvgIpc) is 3.47. The van der Waals surface area contributed by atoms with Crippen LogP contribution < -0.4 is 21.3 Å². The van der Waals surface area contributed by atoms with Crippen molar-refractivity contribution >= 4 is 35.4 Å². The van der Waals surface area contributed by atoms with Crippen LogP contribution in [0.5, 0.6) is 0 Å². The smallest absolute Gasteiger partial charge is 0.253 e. The van der Waals surface area contributed by atoms with Crippen LogP contribution in [0.2, 0.25) is 0 Å². The second-order valence-corrected chi connectivity index (χ2v) is 14.2. The van der Waals surface area contributed by atoms with E-state index in [0.717, 1.165) is 57.8 Å². The van der Waals surface area contributed by atoms with Gasteiger partial charge in [-0.3, -0.25) is 33.7 Å². The molecule has 56 heavy (non-hydrogen) atoms. The van der Waals surface area contributed by atoms with Gasteiger partial charge in [-0.25, -0.2) is 0 Å². The Morgan fingerprint density at radius 2 is 1.23 bits per heavy atom. The highest BCUT2D eigenvalue weighted by Gasteiger charge is 2.47. The highest BCUT2D eigenvalue weighted by Crippen LogP contribution is 2.31. The Balaban J connectivity index is 1.36. The van der Waals surface area contributed by atoms with Crippen molar-refractivity contribution in [3.8, 4) is 0 Å². The lowest BCUT2D eigenvalue weighted by atomic mass is 9.82. The first kappa shape index (κ1) is 48.6. The molecule has 320 valence electrons. The molecule has 0 aromatic rings. The van der Waals surface area contributed by atoms with Gasteiger partial charge >= 0.3 is 0 Å². The number of aliphatic hydroxyl groups is 4. The van der Waals surface area contributed by atoms with Crippen LogP contribution >= 0.6 is 0 Å². The van der Waals surface area contributed by atoms with Crippen molar-refractivity contribution in [1.82, 2.24) is 26.2 Å². The van der Waals surface area contributed by atoms with E-state index in [2.05, 4.69) is 21.3 Å². The summed E-state index contributed by atoms with van der Waals surface area (Å²) in [6, 6.07) is -1.03. The number of nitrogens with zero attached hydrogens (tertiary/aromatic N) is 1. The number of rotatable bonds is 31. The number of carbonyl (C=O) groups excluding carboxylic acids is 6. The van der Waals surface area contributed by atoms with Gasteiger partial charge < -0.3 is 55.9 Å². The number of hydrogen-bond donors (Lipinski definition) is 8. The van der Waals surface area contributed by atoms with E-state index < -0.39 is 42.7 Å². The van der Waals surface area contributed by atoms with Gasteiger partial charge in [0.05, 0.1) is 25.9 Å². The van der Waals surface area contributed by atoms with E-state index in [9.17, 15) is 49.2 Å². The molecule has 18 heteroatoms. The monoisotopic (exact) mass is 799 g/mol. The quantitative estimate of drug-likeness (QED) is 0.0258. The summed E-state index contributed by atoms with van der Waals surface area (Å²) in [5, 5.41) is 49.8. The molecule has 4 atom stereocenters. The molecular formula is C38H65N5O13. The molecule has 0 saturated carbocycles. The number of imide groups is 1. The molecule has 8 N–H and O–H groups in total. The molecule has 0 radical (unpaired) electrons. The van der Waals surface area contributed by atoms with Gasteiger partial charge in [0.2, 0.25) is 23.6 Å². The van der Waals surface area contributed by atoms with Crippen LogP contribution in [0.4, 0.5) is 0 Å². The van der Waals surface area contributed by atoms with E-state index in [-0.39, 0.29) is 62.2 Å². The minimum Gasteiger partial charge on any atom is -0.379 e. The van der Waals surface area contributed by atoms with Gasteiger partial charge in [0.1, 0.15) is 0 Å². The molecule has 2 aliphatic rings. The third-order valence-electron chi connectivity index (χ3n) is 9.56. The first-order valence-electron chi connectivity index (χ1n) is 20.0. The van der Waals surface area contributed by atoms with Gasteiger partial charge in [0.15, 0.2) is 18.9 Å². The zero-order valence-corrected chi connectivity index (χ0v) is 32.8. The average molecular weight is 800 g/mol. The van der Waals surface area contributed by atoms with Crippen molar-refractivity contribution < 1.29 is 63.4 Å². The topological polar surface area (TPSA) is 262 Å². The van der Waals surface area contributed by atoms with E-state index in [1.807, 2.05) is 0 Å². The predicted octanol–water partition coefficient (Wildman–Crippen LogP) is -0.140. The van der Waals surface area contributed by atoms with E-state index in [1.165, 1.54) is 24.0 Å². The number of aliphatic hydroxyl groups excluding tert-OH is 2. The van der Waals surface area contributed by atoms with Gasteiger partial charge in [-0.05, 0) is 32.1 Å². The molecule has 0 spiro atoms. The zero-order valence-electron chi connectivity index (χ0n) is 32.8. The van der Waals surface area contributed by atoms with Crippen LogP contribution in [0.15, 0.2) is 12.2 Å². The molecule has 1 fully saturated rings. The summed E-state index contributed by atoms with van der Waals surface area (Å²) in [6.45, 7) is 3.36. The molecule has 18 nitrogen and oxygen atoms in total. The highest BCUT2D eigenvalue weighted by atomic mass is 16.7. The number of ether oxygens (including phenoxy) is 3. The Hall–Kier alpha value is -3.52. The summed E-state index contributed by atoms with van der Waals surface area (Å²) >= 11 is 0. The van der Waals surface area contributed by atoms with Crippen molar-refractivity contribution in [2.45, 2.75) is 128 Å². The van der Waals surface area contributed by atoms with Crippen molar-refractivity contribution in [1.29, 1.82) is 0 Å². The fourth-order valence-electron chi connectivity index (χ4n) is 6.48. The molecule has 0 aromatic carbocycles. The van der Waals surface area contributed by atoms with E-state index in [0.29, 0.717) is 58.5 Å². The summed E-state index contributed by atoms with van der Waals surface area (Å²) in [5.74, 6) is -3.45. The largest absolute Gasteiger partial charge is 0.379 e. The van der Waals surface area contributed by atoms with E-state index >= 15 is 0 Å². The molecule has 2 heterocycles. The summed E-state index contributed by atoms with van der Waals surface area (Å²) in [7, 11) is 0. The first-order chi connectivity index (χ1) is 26.9. The van der Waals surface area contributed by atoms with Crippen LogP contribution in [0.3, 0.4) is 0 Å². The van der Waals surface area contributed by atoms with Gasteiger partial charge in [-0.1, -0.05) is 44.9 Å². The lowest BCUT2D eigenvalue weighted by Crippen LogP contribution is -2.61. The minimum atomic E-state index is -1.95. The van der Waals surface area contributed by atoms with Crippen molar-refractivity contribution in [2.75, 3.05) is 52.6 Å². The van der Waals surface area contributed by atoms with Crippen molar-refractivity contribution in [3.63, 3.8) is 0 Å². The zero-order chi connectivity index (χ0) is 41.1. The van der Waals surface area contributed by atoms with Crippen LogP contribution in [-0.4, -0.2) is 138 Å².